The maximum absolute atomic E-state index is 11.0. The van der Waals surface area contributed by atoms with Crippen molar-refractivity contribution in [3.05, 3.63) is 16.5 Å². The third-order valence-electron chi connectivity index (χ3n) is 3.93. The van der Waals surface area contributed by atoms with E-state index in [1.807, 2.05) is 11.7 Å². The number of carboxylic acid groups (broad SMARTS) is 1. The normalized spacial score (nSPS) is 17.4. The van der Waals surface area contributed by atoms with E-state index < -0.39 is 13.0 Å². The van der Waals surface area contributed by atoms with Crippen molar-refractivity contribution in [1.29, 1.82) is 0 Å². The Morgan fingerprint density at radius 3 is 2.59 bits per heavy atom. The first-order valence-electron chi connectivity index (χ1n) is 7.29. The average molecular weight is 371 g/mol. The molecule has 2 heterocycles. The number of piperazine rings is 1. The molecule has 0 saturated carbocycles. The third kappa shape index (κ3) is 3.96. The highest BCUT2D eigenvalue weighted by Crippen LogP contribution is 2.33. The van der Waals surface area contributed by atoms with E-state index in [0.29, 0.717) is 4.60 Å². The predicted octanol–water partition coefficient (Wildman–Crippen LogP) is 1.05. The molecule has 0 radical (unpaired) electrons. The number of hydrogen-bond acceptors (Lipinski definition) is 6. The van der Waals surface area contributed by atoms with Crippen LogP contribution in [0.2, 0.25) is 6.82 Å². The summed E-state index contributed by atoms with van der Waals surface area (Å²) in [6.45, 7) is 6.59. The molecule has 0 aliphatic carbocycles. The summed E-state index contributed by atoms with van der Waals surface area (Å²) < 4.78 is 0.643. The Bertz CT molecular complexity index is 538. The Morgan fingerprint density at radius 2 is 2.05 bits per heavy atom. The molecule has 1 fully saturated rings. The largest absolute Gasteiger partial charge is 0.481 e. The van der Waals surface area contributed by atoms with E-state index in [-0.39, 0.29) is 12.3 Å². The van der Waals surface area contributed by atoms with Crippen molar-refractivity contribution < 1.29 is 14.9 Å². The van der Waals surface area contributed by atoms with Gasteiger partial charge in [-0.05, 0) is 28.7 Å². The molecule has 1 atom stereocenters. The topological polar surface area (TPSA) is 89.8 Å². The van der Waals surface area contributed by atoms with Gasteiger partial charge in [0.2, 0.25) is 0 Å². The van der Waals surface area contributed by atoms with Gasteiger partial charge in [0.25, 0.3) is 0 Å². The summed E-state index contributed by atoms with van der Waals surface area (Å²) in [7, 11) is -0.454. The zero-order valence-corrected chi connectivity index (χ0v) is 14.3. The van der Waals surface area contributed by atoms with Gasteiger partial charge in [0.1, 0.15) is 16.7 Å². The zero-order chi connectivity index (χ0) is 16.3. The molecule has 9 heteroatoms. The molecular formula is C13H20BBrN4O3. The van der Waals surface area contributed by atoms with E-state index >= 15 is 0 Å². The molecule has 2 N–H and O–H groups in total. The lowest BCUT2D eigenvalue weighted by molar-refractivity contribution is -0.137. The Balaban J connectivity index is 2.21. The van der Waals surface area contributed by atoms with Gasteiger partial charge >= 0.3 is 13.0 Å². The van der Waals surface area contributed by atoms with Gasteiger partial charge in [-0.3, -0.25) is 4.79 Å². The number of anilines is 1. The highest BCUT2D eigenvalue weighted by Gasteiger charge is 2.27. The molecule has 0 unspecified atom stereocenters. The van der Waals surface area contributed by atoms with Crippen molar-refractivity contribution in [3.63, 3.8) is 0 Å². The maximum atomic E-state index is 11.0. The maximum Gasteiger partial charge on any atom is 0.376 e. The summed E-state index contributed by atoms with van der Waals surface area (Å²) >= 11 is 3.42. The summed E-state index contributed by atoms with van der Waals surface area (Å²) in [5.41, 5.74) is 0.829. The number of rotatable bonds is 5. The fourth-order valence-corrected chi connectivity index (χ4v) is 3.37. The van der Waals surface area contributed by atoms with Crippen LogP contribution in [0.3, 0.4) is 0 Å². The fraction of sp³-hybridized carbons (Fsp3) is 0.615. The molecular weight excluding hydrogens is 351 g/mol. The van der Waals surface area contributed by atoms with Crippen LogP contribution in [0.4, 0.5) is 5.82 Å². The Kier molecular flexibility index (Phi) is 5.77. The quantitative estimate of drug-likeness (QED) is 0.591. The van der Waals surface area contributed by atoms with E-state index in [1.54, 1.807) is 6.82 Å². The summed E-state index contributed by atoms with van der Waals surface area (Å²) in [4.78, 5) is 23.6. The molecule has 120 valence electrons. The molecule has 1 aliphatic heterocycles. The first kappa shape index (κ1) is 17.2. The van der Waals surface area contributed by atoms with Gasteiger partial charge < -0.3 is 19.8 Å². The number of carboxylic acids is 1. The summed E-state index contributed by atoms with van der Waals surface area (Å²) in [6, 6.07) is 0. The molecule has 0 spiro atoms. The highest BCUT2D eigenvalue weighted by molar-refractivity contribution is 9.10. The number of carbonyl (C=O) groups is 1. The van der Waals surface area contributed by atoms with Crippen molar-refractivity contribution in [2.24, 2.45) is 0 Å². The van der Waals surface area contributed by atoms with Crippen molar-refractivity contribution in [2.45, 2.75) is 26.1 Å². The average Bonchev–Trinajstić information content (AvgIpc) is 2.46. The van der Waals surface area contributed by atoms with Crippen molar-refractivity contribution in [1.82, 2.24) is 14.8 Å². The molecule has 1 aromatic rings. The molecule has 1 aliphatic rings. The van der Waals surface area contributed by atoms with Gasteiger partial charge in [-0.2, -0.15) is 0 Å². The number of nitrogens with zero attached hydrogens (tertiary/aromatic N) is 4. The first-order chi connectivity index (χ1) is 10.4. The van der Waals surface area contributed by atoms with Crippen LogP contribution in [0.25, 0.3) is 0 Å². The predicted molar refractivity (Wildman–Crippen MR) is 88.0 cm³/mol. The molecule has 0 bridgehead atoms. The lowest BCUT2D eigenvalue weighted by Gasteiger charge is -2.37. The van der Waals surface area contributed by atoms with Gasteiger partial charge in [0, 0.05) is 31.7 Å². The van der Waals surface area contributed by atoms with E-state index in [9.17, 15) is 9.82 Å². The lowest BCUT2D eigenvalue weighted by Crippen LogP contribution is -2.52. The summed E-state index contributed by atoms with van der Waals surface area (Å²) in [5, 5.41) is 18.7. The van der Waals surface area contributed by atoms with Crippen LogP contribution in [-0.4, -0.2) is 64.1 Å². The van der Waals surface area contributed by atoms with Gasteiger partial charge in [0.15, 0.2) is 0 Å². The molecule has 0 aromatic carbocycles. The van der Waals surface area contributed by atoms with Gasteiger partial charge in [-0.25, -0.2) is 9.97 Å². The monoisotopic (exact) mass is 370 g/mol. The second-order valence-corrected chi connectivity index (χ2v) is 6.31. The van der Waals surface area contributed by atoms with Crippen LogP contribution in [0, 0.1) is 0 Å². The van der Waals surface area contributed by atoms with Crippen LogP contribution in [0.15, 0.2) is 10.9 Å². The van der Waals surface area contributed by atoms with E-state index in [0.717, 1.165) is 37.6 Å². The Labute approximate surface area is 138 Å². The van der Waals surface area contributed by atoms with E-state index in [4.69, 9.17) is 5.11 Å². The smallest absolute Gasteiger partial charge is 0.376 e. The molecule has 22 heavy (non-hydrogen) atoms. The summed E-state index contributed by atoms with van der Waals surface area (Å²) in [5.74, 6) is -0.244. The summed E-state index contributed by atoms with van der Waals surface area (Å²) in [6.07, 6.45) is 1.52. The van der Waals surface area contributed by atoms with Crippen molar-refractivity contribution in [2.75, 3.05) is 31.1 Å². The molecule has 1 saturated heterocycles. The Hall–Kier alpha value is -1.19. The van der Waals surface area contributed by atoms with Gasteiger partial charge in [0.05, 0.1) is 6.42 Å². The van der Waals surface area contributed by atoms with Crippen LogP contribution < -0.4 is 4.90 Å². The van der Waals surface area contributed by atoms with E-state index in [1.165, 1.54) is 6.33 Å². The second-order valence-electron chi connectivity index (χ2n) is 5.56. The molecule has 1 aromatic heterocycles. The van der Waals surface area contributed by atoms with Gasteiger partial charge in [-0.15, -0.1) is 0 Å². The zero-order valence-electron chi connectivity index (χ0n) is 12.7. The van der Waals surface area contributed by atoms with Crippen LogP contribution in [-0.2, 0) is 4.79 Å². The number of aliphatic carboxylic acids is 1. The minimum absolute atomic E-state index is 0.0343. The van der Waals surface area contributed by atoms with Crippen LogP contribution in [0.5, 0.6) is 0 Å². The van der Waals surface area contributed by atoms with Crippen LogP contribution >= 0.6 is 15.9 Å². The SMILES string of the molecule is CB(O)N1CCN(c2ncnc(Br)c2[C@H](C)CC(=O)O)CC1. The number of aromatic nitrogens is 2. The second kappa shape index (κ2) is 7.39. The number of halogens is 1. The van der Waals surface area contributed by atoms with Crippen LogP contribution in [0.1, 0.15) is 24.8 Å². The fourth-order valence-electron chi connectivity index (χ4n) is 2.71. The van der Waals surface area contributed by atoms with Gasteiger partial charge in [-0.1, -0.05) is 6.92 Å². The highest BCUT2D eigenvalue weighted by atomic mass is 79.9. The molecule has 7 nitrogen and oxygen atoms in total. The first-order valence-corrected chi connectivity index (χ1v) is 8.08. The number of hydrogen-bond donors (Lipinski definition) is 2. The van der Waals surface area contributed by atoms with Crippen molar-refractivity contribution >= 4 is 34.8 Å². The van der Waals surface area contributed by atoms with E-state index in [2.05, 4.69) is 30.8 Å². The molecule has 2 rings (SSSR count). The lowest BCUT2D eigenvalue weighted by atomic mass is 9.84. The standard InChI is InChI=1S/C13H20BBrN4O3/c1-9(7-10(20)21)11-12(15)16-8-17-13(11)18-3-5-19(6-4-18)14(2)22/h8-9,22H,3-7H2,1-2H3,(H,20,21)/t9-/m1/s1. The Morgan fingerprint density at radius 1 is 1.41 bits per heavy atom. The molecule has 0 amide bonds. The third-order valence-corrected chi connectivity index (χ3v) is 4.56. The minimum Gasteiger partial charge on any atom is -0.481 e. The minimum atomic E-state index is -0.840. The van der Waals surface area contributed by atoms with Crippen molar-refractivity contribution in [3.8, 4) is 0 Å².